The molecule has 0 saturated heterocycles. The van der Waals surface area contributed by atoms with Crippen LogP contribution >= 0.6 is 0 Å². The molecule has 0 N–H and O–H groups in total. The summed E-state index contributed by atoms with van der Waals surface area (Å²) in [5.74, 6) is 0. The third kappa shape index (κ3) is 2.03. The van der Waals surface area contributed by atoms with Gasteiger partial charge in [-0.3, -0.25) is 4.21 Å². The van der Waals surface area contributed by atoms with Gasteiger partial charge in [0.05, 0.1) is 5.25 Å². The SMILES string of the molecule is CC(C)(C)S(=O)C1C=CC=C1. The third-order valence-electron chi connectivity index (χ3n) is 1.56. The van der Waals surface area contributed by atoms with Gasteiger partial charge in [0.2, 0.25) is 0 Å². The summed E-state index contributed by atoms with van der Waals surface area (Å²) in [4.78, 5) is 0. The van der Waals surface area contributed by atoms with E-state index in [1.165, 1.54) is 0 Å². The van der Waals surface area contributed by atoms with Crippen LogP contribution in [0, 0.1) is 0 Å². The van der Waals surface area contributed by atoms with Crippen LogP contribution in [0.25, 0.3) is 0 Å². The molecule has 0 aromatic heterocycles. The van der Waals surface area contributed by atoms with Crippen molar-refractivity contribution in [3.8, 4) is 0 Å². The highest BCUT2D eigenvalue weighted by molar-refractivity contribution is 7.87. The second-order valence-electron chi connectivity index (χ2n) is 3.64. The normalized spacial score (nSPS) is 21.0. The first kappa shape index (κ1) is 8.72. The molecule has 0 amide bonds. The highest BCUT2D eigenvalue weighted by atomic mass is 32.2. The van der Waals surface area contributed by atoms with Crippen LogP contribution in [0.15, 0.2) is 24.3 Å². The minimum Gasteiger partial charge on any atom is -0.258 e. The standard InChI is InChI=1S/C9H14OS/c1-9(2,3)11(10)8-6-4-5-7-8/h4-8H,1-3H3. The van der Waals surface area contributed by atoms with Crippen molar-refractivity contribution in [3.63, 3.8) is 0 Å². The molecule has 0 aromatic carbocycles. The van der Waals surface area contributed by atoms with Crippen molar-refractivity contribution in [1.29, 1.82) is 0 Å². The largest absolute Gasteiger partial charge is 0.258 e. The van der Waals surface area contributed by atoms with Crippen LogP contribution < -0.4 is 0 Å². The first-order valence-corrected chi connectivity index (χ1v) is 4.99. The van der Waals surface area contributed by atoms with E-state index >= 15 is 0 Å². The van der Waals surface area contributed by atoms with E-state index in [9.17, 15) is 4.21 Å². The van der Waals surface area contributed by atoms with Gasteiger partial charge in [0.15, 0.2) is 0 Å². The van der Waals surface area contributed by atoms with Crippen LogP contribution in [-0.2, 0) is 10.8 Å². The lowest BCUT2D eigenvalue weighted by Gasteiger charge is -2.20. The molecular weight excluding hydrogens is 156 g/mol. The van der Waals surface area contributed by atoms with E-state index in [0.29, 0.717) is 0 Å². The Kier molecular flexibility index (Phi) is 2.33. The van der Waals surface area contributed by atoms with Crippen molar-refractivity contribution >= 4 is 10.8 Å². The first-order chi connectivity index (χ1) is 5.02. The van der Waals surface area contributed by atoms with Crippen LogP contribution in [0.4, 0.5) is 0 Å². The molecular formula is C9H14OS. The first-order valence-electron chi connectivity index (χ1n) is 3.77. The smallest absolute Gasteiger partial charge is 0.0719 e. The molecule has 0 aliphatic heterocycles. The molecule has 0 bridgehead atoms. The van der Waals surface area contributed by atoms with E-state index in [2.05, 4.69) is 0 Å². The quantitative estimate of drug-likeness (QED) is 0.588. The van der Waals surface area contributed by atoms with Crippen LogP contribution in [0.2, 0.25) is 0 Å². The Hall–Kier alpha value is -0.370. The summed E-state index contributed by atoms with van der Waals surface area (Å²) in [6.07, 6.45) is 7.88. The molecule has 62 valence electrons. The maximum Gasteiger partial charge on any atom is 0.0719 e. The average Bonchev–Trinajstić information content (AvgIpc) is 2.34. The average molecular weight is 170 g/mol. The van der Waals surface area contributed by atoms with Gasteiger partial charge in [0.25, 0.3) is 0 Å². The van der Waals surface area contributed by atoms with Gasteiger partial charge < -0.3 is 0 Å². The van der Waals surface area contributed by atoms with Crippen molar-refractivity contribution < 1.29 is 4.21 Å². The second-order valence-corrected chi connectivity index (χ2v) is 6.01. The van der Waals surface area contributed by atoms with E-state index in [0.717, 1.165) is 0 Å². The number of hydrogen-bond acceptors (Lipinski definition) is 1. The van der Waals surface area contributed by atoms with E-state index in [4.69, 9.17) is 0 Å². The zero-order valence-electron chi connectivity index (χ0n) is 7.20. The Morgan fingerprint density at radius 3 is 2.00 bits per heavy atom. The molecule has 1 rings (SSSR count). The number of allylic oxidation sites excluding steroid dienone is 2. The van der Waals surface area contributed by atoms with Crippen molar-refractivity contribution in [2.75, 3.05) is 0 Å². The van der Waals surface area contributed by atoms with Crippen LogP contribution in [0.5, 0.6) is 0 Å². The second kappa shape index (κ2) is 2.94. The lowest BCUT2D eigenvalue weighted by molar-refractivity contribution is 0.647. The lowest BCUT2D eigenvalue weighted by atomic mass is 10.3. The van der Waals surface area contributed by atoms with Gasteiger partial charge in [-0.1, -0.05) is 24.3 Å². The molecule has 0 saturated carbocycles. The predicted octanol–water partition coefficient (Wildman–Crippen LogP) is 2.03. The molecule has 1 unspecified atom stereocenters. The van der Waals surface area contributed by atoms with Gasteiger partial charge in [-0.2, -0.15) is 0 Å². The van der Waals surface area contributed by atoms with E-state index < -0.39 is 10.8 Å². The van der Waals surface area contributed by atoms with Gasteiger partial charge in [-0.15, -0.1) is 0 Å². The molecule has 2 heteroatoms. The summed E-state index contributed by atoms with van der Waals surface area (Å²) in [6, 6.07) is 0. The van der Waals surface area contributed by atoms with Crippen molar-refractivity contribution in [2.45, 2.75) is 30.8 Å². The van der Waals surface area contributed by atoms with E-state index in [1.807, 2.05) is 45.1 Å². The van der Waals surface area contributed by atoms with Crippen molar-refractivity contribution in [2.24, 2.45) is 0 Å². The molecule has 1 aliphatic rings. The highest BCUT2D eigenvalue weighted by Crippen LogP contribution is 2.19. The summed E-state index contributed by atoms with van der Waals surface area (Å²) < 4.78 is 11.6. The Labute approximate surface area is 70.6 Å². The fourth-order valence-electron chi connectivity index (χ4n) is 0.962. The Morgan fingerprint density at radius 1 is 1.18 bits per heavy atom. The van der Waals surface area contributed by atoms with Crippen molar-refractivity contribution in [3.05, 3.63) is 24.3 Å². The molecule has 0 heterocycles. The lowest BCUT2D eigenvalue weighted by Crippen LogP contribution is -2.28. The molecule has 1 atom stereocenters. The van der Waals surface area contributed by atoms with Crippen molar-refractivity contribution in [1.82, 2.24) is 0 Å². The summed E-state index contributed by atoms with van der Waals surface area (Å²) in [7, 11) is -0.786. The Balaban J connectivity index is 2.70. The van der Waals surface area contributed by atoms with Gasteiger partial charge in [0, 0.05) is 15.5 Å². The van der Waals surface area contributed by atoms with Gasteiger partial charge in [-0.25, -0.2) is 0 Å². The van der Waals surface area contributed by atoms with Gasteiger partial charge in [-0.05, 0) is 20.8 Å². The number of rotatable bonds is 1. The van der Waals surface area contributed by atoms with Gasteiger partial charge >= 0.3 is 0 Å². The van der Waals surface area contributed by atoms with E-state index in [1.54, 1.807) is 0 Å². The summed E-state index contributed by atoms with van der Waals surface area (Å²) in [6.45, 7) is 6.01. The maximum absolute atomic E-state index is 11.7. The molecule has 0 spiro atoms. The molecule has 0 fully saturated rings. The molecule has 11 heavy (non-hydrogen) atoms. The monoisotopic (exact) mass is 170 g/mol. The zero-order valence-corrected chi connectivity index (χ0v) is 8.02. The summed E-state index contributed by atoms with van der Waals surface area (Å²) in [5, 5.41) is 0.134. The van der Waals surface area contributed by atoms with Gasteiger partial charge in [0.1, 0.15) is 0 Å². The zero-order chi connectivity index (χ0) is 8.48. The van der Waals surface area contributed by atoms with E-state index in [-0.39, 0.29) is 10.00 Å². The molecule has 0 aromatic rings. The predicted molar refractivity (Wildman–Crippen MR) is 50.0 cm³/mol. The molecule has 0 radical (unpaired) electrons. The molecule has 1 aliphatic carbocycles. The van der Waals surface area contributed by atoms with Crippen LogP contribution in [0.3, 0.4) is 0 Å². The van der Waals surface area contributed by atoms with Crippen LogP contribution in [0.1, 0.15) is 20.8 Å². The topological polar surface area (TPSA) is 17.1 Å². The minimum atomic E-state index is -0.786. The van der Waals surface area contributed by atoms with Crippen LogP contribution in [-0.4, -0.2) is 14.2 Å². The minimum absolute atomic E-state index is 0.107. The Bertz CT molecular complexity index is 208. The Morgan fingerprint density at radius 2 is 1.64 bits per heavy atom. The number of hydrogen-bond donors (Lipinski definition) is 0. The fraction of sp³-hybridized carbons (Fsp3) is 0.556. The third-order valence-corrected chi connectivity index (χ3v) is 3.58. The highest BCUT2D eigenvalue weighted by Gasteiger charge is 2.25. The summed E-state index contributed by atoms with van der Waals surface area (Å²) >= 11 is 0. The molecule has 1 nitrogen and oxygen atoms in total. The summed E-state index contributed by atoms with van der Waals surface area (Å²) in [5.41, 5.74) is 0. The fourth-order valence-corrected chi connectivity index (χ4v) is 2.25. The maximum atomic E-state index is 11.7.